The summed E-state index contributed by atoms with van der Waals surface area (Å²) in [5, 5.41) is 11.7. The van der Waals surface area contributed by atoms with E-state index in [-0.39, 0.29) is 23.3 Å². The smallest absolute Gasteiger partial charge is 0.337 e. The first-order valence-corrected chi connectivity index (χ1v) is 6.81. The van der Waals surface area contributed by atoms with Crippen LogP contribution >= 0.6 is 0 Å². The van der Waals surface area contributed by atoms with E-state index in [4.69, 9.17) is 10.8 Å². The van der Waals surface area contributed by atoms with Gasteiger partial charge in [-0.2, -0.15) is 0 Å². The van der Waals surface area contributed by atoms with Crippen molar-refractivity contribution in [2.24, 2.45) is 17.6 Å². The number of nitrogens with one attached hydrogen (secondary N) is 1. The van der Waals surface area contributed by atoms with Crippen LogP contribution < -0.4 is 11.1 Å². The van der Waals surface area contributed by atoms with E-state index in [0.29, 0.717) is 12.2 Å². The number of amides is 1. The van der Waals surface area contributed by atoms with Crippen molar-refractivity contribution in [3.63, 3.8) is 0 Å². The van der Waals surface area contributed by atoms with Gasteiger partial charge in [-0.25, -0.2) is 4.79 Å². The number of carbonyl (C=O) groups is 2. The molecule has 0 bridgehead atoms. The fourth-order valence-electron chi connectivity index (χ4n) is 2.70. The van der Waals surface area contributed by atoms with E-state index in [2.05, 4.69) is 10.3 Å². The van der Waals surface area contributed by atoms with Gasteiger partial charge in [-0.05, 0) is 31.4 Å². The van der Waals surface area contributed by atoms with Crippen molar-refractivity contribution in [1.29, 1.82) is 0 Å². The number of nitrogens with zero attached hydrogens (tertiary/aromatic N) is 1. The molecule has 2 unspecified atom stereocenters. The number of carboxylic acid groups (broad SMARTS) is 1. The van der Waals surface area contributed by atoms with Crippen molar-refractivity contribution in [2.45, 2.75) is 25.7 Å². The summed E-state index contributed by atoms with van der Waals surface area (Å²) in [4.78, 5) is 27.0. The molecule has 1 amide bonds. The van der Waals surface area contributed by atoms with Crippen LogP contribution in [0.25, 0.3) is 0 Å². The molecule has 1 fully saturated rings. The number of rotatable bonds is 4. The summed E-state index contributed by atoms with van der Waals surface area (Å²) in [6.07, 6.45) is 6.65. The van der Waals surface area contributed by atoms with Gasteiger partial charge in [-0.15, -0.1) is 0 Å². The number of pyridine rings is 1. The standard InChI is InChI=1S/C14H19N3O3/c15-6-9-3-1-2-4-12(9)13(18)17-11-5-10(14(19)20)7-16-8-11/h5,7-9,12H,1-4,6,15H2,(H,17,18)(H,19,20). The lowest BCUT2D eigenvalue weighted by molar-refractivity contribution is -0.122. The molecule has 20 heavy (non-hydrogen) atoms. The molecule has 6 nitrogen and oxygen atoms in total. The largest absolute Gasteiger partial charge is 0.478 e. The zero-order valence-corrected chi connectivity index (χ0v) is 11.2. The second kappa shape index (κ2) is 6.47. The van der Waals surface area contributed by atoms with E-state index in [1.165, 1.54) is 18.5 Å². The molecule has 0 saturated heterocycles. The van der Waals surface area contributed by atoms with E-state index in [0.717, 1.165) is 25.7 Å². The van der Waals surface area contributed by atoms with Gasteiger partial charge in [0, 0.05) is 12.1 Å². The highest BCUT2D eigenvalue weighted by Gasteiger charge is 2.29. The molecule has 1 aromatic rings. The first kappa shape index (κ1) is 14.5. The van der Waals surface area contributed by atoms with Crippen molar-refractivity contribution in [1.82, 2.24) is 4.98 Å². The molecule has 0 aromatic carbocycles. The first-order chi connectivity index (χ1) is 9.61. The average Bonchev–Trinajstić information content (AvgIpc) is 2.47. The normalized spacial score (nSPS) is 22.2. The molecule has 6 heteroatoms. The maximum absolute atomic E-state index is 12.3. The summed E-state index contributed by atoms with van der Waals surface area (Å²) in [5.74, 6) is -1.04. The Kier molecular flexibility index (Phi) is 4.68. The highest BCUT2D eigenvalue weighted by Crippen LogP contribution is 2.30. The zero-order valence-electron chi connectivity index (χ0n) is 11.2. The van der Waals surface area contributed by atoms with Gasteiger partial charge in [0.25, 0.3) is 0 Å². The van der Waals surface area contributed by atoms with E-state index < -0.39 is 5.97 Å². The molecule has 1 aliphatic carbocycles. The predicted molar refractivity (Wildman–Crippen MR) is 74.3 cm³/mol. The molecule has 1 heterocycles. The molecule has 0 spiro atoms. The number of hydrogen-bond acceptors (Lipinski definition) is 4. The summed E-state index contributed by atoms with van der Waals surface area (Å²) in [5.41, 5.74) is 6.19. The Labute approximate surface area is 117 Å². The minimum Gasteiger partial charge on any atom is -0.478 e. The molecular weight excluding hydrogens is 258 g/mol. The lowest BCUT2D eigenvalue weighted by atomic mass is 9.78. The monoisotopic (exact) mass is 277 g/mol. The second-order valence-corrected chi connectivity index (χ2v) is 5.14. The van der Waals surface area contributed by atoms with E-state index >= 15 is 0 Å². The fraction of sp³-hybridized carbons (Fsp3) is 0.500. The Morgan fingerprint density at radius 1 is 1.35 bits per heavy atom. The second-order valence-electron chi connectivity index (χ2n) is 5.14. The Morgan fingerprint density at radius 2 is 2.10 bits per heavy atom. The van der Waals surface area contributed by atoms with Crippen LogP contribution in [0.15, 0.2) is 18.5 Å². The van der Waals surface area contributed by atoms with E-state index in [1.54, 1.807) is 0 Å². The van der Waals surface area contributed by atoms with Gasteiger partial charge in [-0.3, -0.25) is 9.78 Å². The Bertz CT molecular complexity index is 504. The summed E-state index contributed by atoms with van der Waals surface area (Å²) >= 11 is 0. The van der Waals surface area contributed by atoms with Gasteiger partial charge < -0.3 is 16.2 Å². The Balaban J connectivity index is 2.06. The summed E-state index contributed by atoms with van der Waals surface area (Å²) in [6, 6.07) is 1.41. The van der Waals surface area contributed by atoms with Crippen molar-refractivity contribution < 1.29 is 14.7 Å². The average molecular weight is 277 g/mol. The molecule has 1 aliphatic rings. The van der Waals surface area contributed by atoms with Crippen LogP contribution in [0.5, 0.6) is 0 Å². The van der Waals surface area contributed by atoms with Crippen molar-refractivity contribution in [2.75, 3.05) is 11.9 Å². The van der Waals surface area contributed by atoms with Crippen LogP contribution in [-0.4, -0.2) is 28.5 Å². The minimum absolute atomic E-state index is 0.0572. The molecule has 108 valence electrons. The highest BCUT2D eigenvalue weighted by atomic mass is 16.4. The lowest BCUT2D eigenvalue weighted by Gasteiger charge is -2.29. The molecule has 2 rings (SSSR count). The third kappa shape index (κ3) is 3.33. The quantitative estimate of drug-likeness (QED) is 0.773. The van der Waals surface area contributed by atoms with E-state index in [1.807, 2.05) is 0 Å². The lowest BCUT2D eigenvalue weighted by Crippen LogP contribution is -2.35. The molecule has 1 saturated carbocycles. The van der Waals surface area contributed by atoms with Gasteiger partial charge >= 0.3 is 5.97 Å². The Hall–Kier alpha value is -1.95. The topological polar surface area (TPSA) is 105 Å². The number of aromatic nitrogens is 1. The SMILES string of the molecule is NCC1CCCCC1C(=O)Nc1cncc(C(=O)O)c1. The van der Waals surface area contributed by atoms with Crippen LogP contribution in [0.1, 0.15) is 36.0 Å². The Morgan fingerprint density at radius 3 is 2.80 bits per heavy atom. The third-order valence-corrected chi connectivity index (χ3v) is 3.80. The minimum atomic E-state index is -1.06. The van der Waals surface area contributed by atoms with Gasteiger partial charge in [0.15, 0.2) is 0 Å². The van der Waals surface area contributed by atoms with Gasteiger partial charge in [0.05, 0.1) is 17.4 Å². The predicted octanol–water partition coefficient (Wildman–Crippen LogP) is 1.48. The first-order valence-electron chi connectivity index (χ1n) is 6.81. The summed E-state index contributed by atoms with van der Waals surface area (Å²) in [6.45, 7) is 0.505. The molecular formula is C14H19N3O3. The van der Waals surface area contributed by atoms with Crippen LogP contribution in [-0.2, 0) is 4.79 Å². The van der Waals surface area contributed by atoms with E-state index in [9.17, 15) is 9.59 Å². The number of hydrogen-bond donors (Lipinski definition) is 3. The van der Waals surface area contributed by atoms with Gasteiger partial charge in [-0.1, -0.05) is 12.8 Å². The van der Waals surface area contributed by atoms with Gasteiger partial charge in [0.1, 0.15) is 0 Å². The molecule has 0 radical (unpaired) electrons. The molecule has 1 aromatic heterocycles. The van der Waals surface area contributed by atoms with Crippen LogP contribution in [0.4, 0.5) is 5.69 Å². The fourth-order valence-corrected chi connectivity index (χ4v) is 2.70. The maximum atomic E-state index is 12.3. The van der Waals surface area contributed by atoms with Crippen LogP contribution in [0.3, 0.4) is 0 Å². The van der Waals surface area contributed by atoms with Crippen molar-refractivity contribution in [3.8, 4) is 0 Å². The van der Waals surface area contributed by atoms with Crippen LogP contribution in [0, 0.1) is 11.8 Å². The molecule has 2 atom stereocenters. The summed E-state index contributed by atoms with van der Waals surface area (Å²) in [7, 11) is 0. The zero-order chi connectivity index (χ0) is 14.5. The third-order valence-electron chi connectivity index (χ3n) is 3.80. The summed E-state index contributed by atoms with van der Waals surface area (Å²) < 4.78 is 0. The van der Waals surface area contributed by atoms with Crippen molar-refractivity contribution in [3.05, 3.63) is 24.0 Å². The highest BCUT2D eigenvalue weighted by molar-refractivity contribution is 5.94. The maximum Gasteiger partial charge on any atom is 0.337 e. The van der Waals surface area contributed by atoms with Crippen LogP contribution in [0.2, 0.25) is 0 Å². The van der Waals surface area contributed by atoms with Crippen molar-refractivity contribution >= 4 is 17.6 Å². The number of aromatic carboxylic acids is 1. The number of nitrogens with two attached hydrogens (primary N) is 1. The number of anilines is 1. The molecule has 4 N–H and O–H groups in total. The molecule has 0 aliphatic heterocycles. The number of carboxylic acids is 1. The number of carbonyl (C=O) groups excluding carboxylic acids is 1. The van der Waals surface area contributed by atoms with Gasteiger partial charge in [0.2, 0.25) is 5.91 Å².